The van der Waals surface area contributed by atoms with Crippen LogP contribution in [0.3, 0.4) is 0 Å². The van der Waals surface area contributed by atoms with Gasteiger partial charge in [0.05, 0.1) is 0 Å². The van der Waals surface area contributed by atoms with E-state index in [1.165, 1.54) is 32.1 Å². The van der Waals surface area contributed by atoms with E-state index in [0.29, 0.717) is 0 Å². The van der Waals surface area contributed by atoms with Gasteiger partial charge in [-0.1, -0.05) is 32.3 Å². The second kappa shape index (κ2) is 10.7. The largest absolute Gasteiger partial charge is 0.103 e. The van der Waals surface area contributed by atoms with Gasteiger partial charge in [0.2, 0.25) is 0 Å². The molecule has 0 aliphatic rings. The zero-order chi connectivity index (χ0) is 6.24. The summed E-state index contributed by atoms with van der Waals surface area (Å²) in [6.45, 7) is 5.89. The molecule has 9 heavy (non-hydrogen) atoms. The number of rotatable bonds is 5. The molecule has 0 aromatic rings. The monoisotopic (exact) mass is 124 g/mol. The fourth-order valence-corrected chi connectivity index (χ4v) is 0.715. The maximum atomic E-state index is 3.66. The van der Waals surface area contributed by atoms with Crippen molar-refractivity contribution in [3.05, 3.63) is 20.1 Å². The lowest BCUT2D eigenvalue weighted by molar-refractivity contribution is 0.675. The van der Waals surface area contributed by atoms with Crippen molar-refractivity contribution in [3.63, 3.8) is 0 Å². The molecule has 0 unspecified atom stereocenters. The van der Waals surface area contributed by atoms with E-state index in [0.717, 1.165) is 0 Å². The van der Waals surface area contributed by atoms with Gasteiger partial charge in [0.1, 0.15) is 0 Å². The van der Waals surface area contributed by atoms with Gasteiger partial charge in [-0.05, 0) is 12.8 Å². The molecule has 0 aromatic carbocycles. The van der Waals surface area contributed by atoms with E-state index >= 15 is 0 Å². The van der Waals surface area contributed by atoms with E-state index in [1.807, 2.05) is 6.08 Å². The maximum Gasteiger partial charge on any atom is 0 e. The van der Waals surface area contributed by atoms with Crippen LogP contribution in [-0.4, -0.2) is 0 Å². The van der Waals surface area contributed by atoms with Crippen molar-refractivity contribution in [2.24, 2.45) is 0 Å². The lowest BCUT2D eigenvalue weighted by atomic mass is 10.2. The Kier molecular flexibility index (Phi) is 13.7. The highest BCUT2D eigenvalue weighted by atomic mass is 13.9. The van der Waals surface area contributed by atoms with Crippen molar-refractivity contribution in [2.45, 2.75) is 39.0 Å². The van der Waals surface area contributed by atoms with Gasteiger partial charge in [-0.2, -0.15) is 0 Å². The predicted molar refractivity (Wildman–Crippen MR) is 42.2 cm³/mol. The summed E-state index contributed by atoms with van der Waals surface area (Å²) in [5, 5.41) is 0. The van der Waals surface area contributed by atoms with Gasteiger partial charge in [-0.25, -0.2) is 0 Å². The molecule has 0 saturated heterocycles. The van der Waals surface area contributed by atoms with Crippen molar-refractivity contribution in [3.8, 4) is 0 Å². The van der Waals surface area contributed by atoms with Crippen LogP contribution in [0.15, 0.2) is 12.7 Å². The highest BCUT2D eigenvalue weighted by Gasteiger charge is 1.81. The van der Waals surface area contributed by atoms with Crippen LogP contribution in [0, 0.1) is 7.43 Å². The van der Waals surface area contributed by atoms with Crippen LogP contribution >= 0.6 is 0 Å². The molecule has 0 aliphatic carbocycles. The first kappa shape index (κ1) is 11.5. The Morgan fingerprint density at radius 2 is 1.89 bits per heavy atom. The van der Waals surface area contributed by atoms with E-state index in [-0.39, 0.29) is 7.43 Å². The van der Waals surface area contributed by atoms with Crippen molar-refractivity contribution in [2.75, 3.05) is 0 Å². The third-order valence-corrected chi connectivity index (χ3v) is 1.26. The Labute approximate surface area is 60.0 Å². The van der Waals surface area contributed by atoms with Gasteiger partial charge >= 0.3 is 0 Å². The molecule has 0 aliphatic heterocycles. The number of hydrogen-bond acceptors (Lipinski definition) is 0. The molecule has 0 N–H and O–H groups in total. The molecule has 52 valence electrons. The Balaban J connectivity index is 0. The molecule has 4 radical (unpaired) electrons. The zero-order valence-corrected chi connectivity index (χ0v) is 6.32. The standard InChI is InChI=1S/C8H16.C/c1-3-5-7-8-6-4-2;/h3H,1,4-8H2,2H3;. The highest BCUT2D eigenvalue weighted by molar-refractivity contribution is 4.64. The summed E-state index contributed by atoms with van der Waals surface area (Å²) in [5.74, 6) is 0. The van der Waals surface area contributed by atoms with Crippen LogP contribution in [0.25, 0.3) is 0 Å². The fourth-order valence-electron chi connectivity index (χ4n) is 0.715. The lowest BCUT2D eigenvalue weighted by Crippen LogP contribution is -1.71. The summed E-state index contributed by atoms with van der Waals surface area (Å²) in [7, 11) is 0. The minimum atomic E-state index is 0. The first-order chi connectivity index (χ1) is 3.91. The summed E-state index contributed by atoms with van der Waals surface area (Å²) in [6, 6.07) is 0. The van der Waals surface area contributed by atoms with E-state index < -0.39 is 0 Å². The smallest absolute Gasteiger partial charge is 0 e. The van der Waals surface area contributed by atoms with Crippen molar-refractivity contribution in [1.29, 1.82) is 0 Å². The topological polar surface area (TPSA) is 0 Å². The highest BCUT2D eigenvalue weighted by Crippen LogP contribution is 2.01. The molecule has 0 heteroatoms. The molecule has 0 atom stereocenters. The normalized spacial score (nSPS) is 8.11. The Morgan fingerprint density at radius 3 is 2.33 bits per heavy atom. The van der Waals surface area contributed by atoms with Gasteiger partial charge in [-0.3, -0.25) is 0 Å². The predicted octanol–water partition coefficient (Wildman–Crippen LogP) is 3.22. The molecule has 0 rings (SSSR count). The molecule has 0 bridgehead atoms. The van der Waals surface area contributed by atoms with E-state index in [9.17, 15) is 0 Å². The van der Waals surface area contributed by atoms with E-state index in [1.54, 1.807) is 0 Å². The van der Waals surface area contributed by atoms with Gasteiger partial charge in [0, 0.05) is 7.43 Å². The fraction of sp³-hybridized carbons (Fsp3) is 0.667. The molecule has 0 nitrogen and oxygen atoms in total. The Bertz CT molecular complexity index is 46.0. The quantitative estimate of drug-likeness (QED) is 0.390. The minimum absolute atomic E-state index is 0. The summed E-state index contributed by atoms with van der Waals surface area (Å²) in [4.78, 5) is 0. The molecule has 0 aromatic heterocycles. The van der Waals surface area contributed by atoms with Gasteiger partial charge in [0.15, 0.2) is 0 Å². The molecular formula is C9H16. The van der Waals surface area contributed by atoms with Crippen LogP contribution in [0.5, 0.6) is 0 Å². The SMILES string of the molecule is C=CCCCCCC.[C]. The first-order valence-corrected chi connectivity index (χ1v) is 3.52. The molecule has 0 spiro atoms. The van der Waals surface area contributed by atoms with Crippen molar-refractivity contribution >= 4 is 0 Å². The minimum Gasteiger partial charge on any atom is -0.103 e. The number of unbranched alkanes of at least 4 members (excludes halogenated alkanes) is 4. The number of allylic oxidation sites excluding steroid dienone is 1. The summed E-state index contributed by atoms with van der Waals surface area (Å²) < 4.78 is 0. The van der Waals surface area contributed by atoms with Crippen LogP contribution < -0.4 is 0 Å². The summed E-state index contributed by atoms with van der Waals surface area (Å²) in [5.41, 5.74) is 0. The molecule has 0 fully saturated rings. The van der Waals surface area contributed by atoms with Gasteiger partial charge in [-0.15, -0.1) is 6.58 Å². The zero-order valence-electron chi connectivity index (χ0n) is 6.32. The second-order valence-corrected chi connectivity index (χ2v) is 2.14. The van der Waals surface area contributed by atoms with E-state index in [4.69, 9.17) is 0 Å². The Hall–Kier alpha value is -0.260. The van der Waals surface area contributed by atoms with Crippen LogP contribution in [0.1, 0.15) is 39.0 Å². The third kappa shape index (κ3) is 11.4. The van der Waals surface area contributed by atoms with Crippen LogP contribution in [-0.2, 0) is 0 Å². The van der Waals surface area contributed by atoms with Crippen LogP contribution in [0.2, 0.25) is 0 Å². The van der Waals surface area contributed by atoms with Crippen molar-refractivity contribution < 1.29 is 0 Å². The summed E-state index contributed by atoms with van der Waals surface area (Å²) in [6.07, 6.45) is 8.61. The average Bonchev–Trinajstić information content (AvgIpc) is 1.81. The first-order valence-electron chi connectivity index (χ1n) is 3.52. The Morgan fingerprint density at radius 1 is 1.22 bits per heavy atom. The van der Waals surface area contributed by atoms with Crippen molar-refractivity contribution in [1.82, 2.24) is 0 Å². The molecule has 0 saturated carbocycles. The second-order valence-electron chi connectivity index (χ2n) is 2.14. The maximum absolute atomic E-state index is 3.66. The third-order valence-electron chi connectivity index (χ3n) is 1.26. The van der Waals surface area contributed by atoms with Gasteiger partial charge in [0.25, 0.3) is 0 Å². The van der Waals surface area contributed by atoms with Gasteiger partial charge < -0.3 is 0 Å². The summed E-state index contributed by atoms with van der Waals surface area (Å²) >= 11 is 0. The van der Waals surface area contributed by atoms with Crippen LogP contribution in [0.4, 0.5) is 0 Å². The molecule has 0 heterocycles. The average molecular weight is 124 g/mol. The molecular weight excluding hydrogens is 108 g/mol. The molecule has 0 amide bonds. The lowest BCUT2D eigenvalue weighted by Gasteiger charge is -1.91. The van der Waals surface area contributed by atoms with E-state index in [2.05, 4.69) is 13.5 Å². The number of hydrogen-bond donors (Lipinski definition) is 0.